The van der Waals surface area contributed by atoms with Gasteiger partial charge in [0.15, 0.2) is 0 Å². The molecule has 0 unspecified atom stereocenters. The molecule has 418 valence electrons. The Kier molecular flexibility index (Phi) is 17.1. The lowest BCUT2D eigenvalue weighted by molar-refractivity contribution is -0.149. The van der Waals surface area contributed by atoms with Crippen molar-refractivity contribution in [1.82, 2.24) is 16.0 Å². The molecule has 0 aromatic rings. The van der Waals surface area contributed by atoms with Gasteiger partial charge in [0.25, 0.3) is 0 Å². The van der Waals surface area contributed by atoms with Gasteiger partial charge in [0, 0.05) is 26.7 Å². The third-order valence-corrected chi connectivity index (χ3v) is 24.5. The van der Waals surface area contributed by atoms with Crippen molar-refractivity contribution < 1.29 is 28.5 Å². The largest absolute Gasteiger partial charge is 0.462 e. The Morgan fingerprint density at radius 1 is 0.595 bits per heavy atom. The highest BCUT2D eigenvalue weighted by Crippen LogP contribution is 2.71. The zero-order valence-corrected chi connectivity index (χ0v) is 48.6. The zero-order valence-electron chi connectivity index (χ0n) is 48.6. The highest BCUT2D eigenvalue weighted by molar-refractivity contribution is 5.66. The van der Waals surface area contributed by atoms with Crippen molar-refractivity contribution >= 4 is 11.9 Å². The molecule has 8 aliphatic carbocycles. The van der Waals surface area contributed by atoms with Gasteiger partial charge in [-0.15, -0.1) is 0 Å². The zero-order chi connectivity index (χ0) is 52.2. The van der Waals surface area contributed by atoms with Crippen molar-refractivity contribution in [2.75, 3.05) is 39.3 Å². The van der Waals surface area contributed by atoms with Gasteiger partial charge in [0.1, 0.15) is 12.2 Å². The van der Waals surface area contributed by atoms with Crippen LogP contribution >= 0.6 is 0 Å². The SMILES string of the molecule is CC(=O)O[C@H]1CC[C@@]2(C)C(=CC[C@H]3[C@@H]4C[C@@H]5O[C@H](CC[C@@H](C)CNCCCCNCCCNC[C@H](C)CC[C@H]6O[C@H]7C[C@H]8[C@@H]9CC=C%10C[C@@H](OC(C)=O)CC[C@]%10(C)[C@H]9CC[C@]8(C)[C@H]7[C@@H]6C)[C@@H](C)[C@@H]5[C@@]4(C)CC[C@@H]32)C1. The quantitative estimate of drug-likeness (QED) is 0.0589. The van der Waals surface area contributed by atoms with Crippen LogP contribution in [0.1, 0.15) is 204 Å². The number of allylic oxidation sites excluding steroid dienone is 2. The highest BCUT2D eigenvalue weighted by Gasteiger charge is 2.67. The van der Waals surface area contributed by atoms with Crippen molar-refractivity contribution in [2.24, 2.45) is 92.7 Å². The maximum Gasteiger partial charge on any atom is 0.302 e. The van der Waals surface area contributed by atoms with Gasteiger partial charge in [0.05, 0.1) is 24.4 Å². The number of hydrogen-bond donors (Lipinski definition) is 3. The Morgan fingerprint density at radius 3 is 1.46 bits per heavy atom. The summed E-state index contributed by atoms with van der Waals surface area (Å²) in [5.41, 5.74) is 4.54. The Hall–Kier alpha value is -1.78. The van der Waals surface area contributed by atoms with E-state index in [0.29, 0.717) is 70.8 Å². The molecule has 6 saturated carbocycles. The second-order valence-electron chi connectivity index (χ2n) is 28.8. The molecule has 8 fully saturated rings. The molecule has 2 heterocycles. The van der Waals surface area contributed by atoms with Crippen LogP contribution in [0.25, 0.3) is 0 Å². The van der Waals surface area contributed by atoms with Crippen LogP contribution in [0.5, 0.6) is 0 Å². The maximum atomic E-state index is 11.7. The van der Waals surface area contributed by atoms with Crippen LogP contribution in [0.15, 0.2) is 23.3 Å². The molecule has 2 aliphatic heterocycles. The fourth-order valence-electron chi connectivity index (χ4n) is 20.7. The molecule has 0 aromatic heterocycles. The van der Waals surface area contributed by atoms with Crippen molar-refractivity contribution in [3.8, 4) is 0 Å². The summed E-state index contributed by atoms with van der Waals surface area (Å²) < 4.78 is 25.5. The van der Waals surface area contributed by atoms with E-state index in [4.69, 9.17) is 18.9 Å². The van der Waals surface area contributed by atoms with Crippen LogP contribution < -0.4 is 16.0 Å². The van der Waals surface area contributed by atoms with Gasteiger partial charge >= 0.3 is 11.9 Å². The number of hydrogen-bond acceptors (Lipinski definition) is 9. The van der Waals surface area contributed by atoms with Crippen LogP contribution in [0.3, 0.4) is 0 Å². The van der Waals surface area contributed by atoms with Crippen LogP contribution in [0, 0.1) is 92.7 Å². The van der Waals surface area contributed by atoms with E-state index in [1.807, 2.05) is 0 Å². The fourth-order valence-corrected chi connectivity index (χ4v) is 20.7. The van der Waals surface area contributed by atoms with Gasteiger partial charge in [-0.25, -0.2) is 0 Å². The number of esters is 2. The van der Waals surface area contributed by atoms with E-state index in [1.54, 1.807) is 25.0 Å². The first-order valence-corrected chi connectivity index (χ1v) is 31.6. The average Bonchev–Trinajstić information content (AvgIpc) is 4.06. The molecule has 0 aromatic carbocycles. The summed E-state index contributed by atoms with van der Waals surface area (Å²) in [6.07, 6.45) is 32.3. The smallest absolute Gasteiger partial charge is 0.302 e. The summed E-state index contributed by atoms with van der Waals surface area (Å²) in [4.78, 5) is 23.5. The number of ether oxygens (including phenoxy) is 4. The van der Waals surface area contributed by atoms with Gasteiger partial charge in [-0.1, -0.05) is 78.7 Å². The first-order chi connectivity index (χ1) is 35.4. The summed E-state index contributed by atoms with van der Waals surface area (Å²) in [5, 5.41) is 11.3. The van der Waals surface area contributed by atoms with Gasteiger partial charge < -0.3 is 34.9 Å². The molecule has 9 nitrogen and oxygen atoms in total. The first kappa shape index (κ1) is 55.5. The minimum absolute atomic E-state index is 0.0755. The summed E-state index contributed by atoms with van der Waals surface area (Å²) in [5.74, 6) is 8.43. The van der Waals surface area contributed by atoms with Gasteiger partial charge in [0.2, 0.25) is 0 Å². The van der Waals surface area contributed by atoms with E-state index in [0.717, 1.165) is 113 Å². The fraction of sp³-hybridized carbons (Fsp3) is 0.908. The van der Waals surface area contributed by atoms with Crippen molar-refractivity contribution in [3.63, 3.8) is 0 Å². The molecule has 10 aliphatic rings. The third kappa shape index (κ3) is 10.7. The Morgan fingerprint density at radius 2 is 1.01 bits per heavy atom. The predicted octanol–water partition coefficient (Wildman–Crippen LogP) is 12.8. The summed E-state index contributed by atoms with van der Waals surface area (Å²) in [6, 6.07) is 0. The summed E-state index contributed by atoms with van der Waals surface area (Å²) >= 11 is 0. The first-order valence-electron chi connectivity index (χ1n) is 31.6. The van der Waals surface area contributed by atoms with Crippen LogP contribution in [0.2, 0.25) is 0 Å². The number of carbonyl (C=O) groups excluding carboxylic acids is 2. The maximum absolute atomic E-state index is 11.7. The molecule has 0 spiro atoms. The molecule has 0 bridgehead atoms. The number of unbranched alkanes of at least 4 members (excludes halogenated alkanes) is 1. The standard InChI is InChI=1S/C65H107N3O6/c1-40(14-20-56-42(3)60-58(73-56)36-54-50-18-16-46-34-48(71-44(5)69)22-26-62(46,7)52(50)24-28-64(54,60)9)38-67-31-12-11-30-66-32-13-33-68-39-41(2)15-21-57-43(4)61-59(74-57)37-55-51-19-17-47-35-49(72-45(6)70)23-27-63(47,8)53(51)25-29-65(55,61)10/h16-17,40-43,48-61,66-68H,11-15,18-39H2,1-10H3/t40-,41-,42-,43-,48+,49+,50-,51-,52+,53+,54+,55+,56-,57-,58+,59+,60+,61+,62+,63+,64+,65+/m1/s1. The molecule has 22 atom stereocenters. The number of fused-ring (bicyclic) bond motifs is 14. The van der Waals surface area contributed by atoms with Crippen LogP contribution in [0.4, 0.5) is 0 Å². The van der Waals surface area contributed by atoms with E-state index in [2.05, 4.69) is 83.5 Å². The molecular formula is C65H107N3O6. The molecule has 0 radical (unpaired) electrons. The second-order valence-corrected chi connectivity index (χ2v) is 28.8. The minimum Gasteiger partial charge on any atom is -0.462 e. The molecule has 0 amide bonds. The number of rotatable bonds is 21. The van der Waals surface area contributed by atoms with E-state index >= 15 is 0 Å². The molecule has 10 rings (SSSR count). The molecule has 9 heteroatoms. The van der Waals surface area contributed by atoms with Crippen LogP contribution in [-0.4, -0.2) is 87.8 Å². The van der Waals surface area contributed by atoms with E-state index in [9.17, 15) is 9.59 Å². The third-order valence-electron chi connectivity index (χ3n) is 24.5. The Balaban J connectivity index is 0.546. The summed E-state index contributed by atoms with van der Waals surface area (Å²) in [7, 11) is 0. The number of nitrogens with one attached hydrogen (secondary N) is 3. The average molecular weight is 1030 g/mol. The Bertz CT molecular complexity index is 1880. The van der Waals surface area contributed by atoms with E-state index < -0.39 is 0 Å². The van der Waals surface area contributed by atoms with Gasteiger partial charge in [-0.3, -0.25) is 9.59 Å². The minimum atomic E-state index is -0.129. The summed E-state index contributed by atoms with van der Waals surface area (Å²) in [6.45, 7) is 30.2. The van der Waals surface area contributed by atoms with E-state index in [-0.39, 0.29) is 35.0 Å². The lowest BCUT2D eigenvalue weighted by Gasteiger charge is -2.58. The lowest BCUT2D eigenvalue weighted by atomic mass is 9.47. The molecule has 2 saturated heterocycles. The van der Waals surface area contributed by atoms with Crippen molar-refractivity contribution in [1.29, 1.82) is 0 Å². The topological polar surface area (TPSA) is 107 Å². The Labute approximate surface area is 450 Å². The van der Waals surface area contributed by atoms with Gasteiger partial charge in [-0.05, 0) is 254 Å². The van der Waals surface area contributed by atoms with Gasteiger partial charge in [-0.2, -0.15) is 0 Å². The predicted molar refractivity (Wildman–Crippen MR) is 297 cm³/mol. The normalized spacial score (nSPS) is 45.5. The lowest BCUT2D eigenvalue weighted by Crippen LogP contribution is -2.51. The number of carbonyl (C=O) groups is 2. The monoisotopic (exact) mass is 1030 g/mol. The molecule has 3 N–H and O–H groups in total. The molecule has 74 heavy (non-hydrogen) atoms. The van der Waals surface area contributed by atoms with Crippen molar-refractivity contribution in [3.05, 3.63) is 23.3 Å². The van der Waals surface area contributed by atoms with E-state index in [1.165, 1.54) is 96.3 Å². The van der Waals surface area contributed by atoms with Crippen LogP contribution in [-0.2, 0) is 28.5 Å². The highest BCUT2D eigenvalue weighted by atomic mass is 16.5. The second kappa shape index (κ2) is 22.8. The van der Waals surface area contributed by atoms with Crippen molar-refractivity contribution in [2.45, 2.75) is 241 Å². The molecular weight excluding hydrogens is 919 g/mol.